The number of likely N-dealkylation sites (N-methyl/N-ethyl adjacent to an activating group) is 1. The SMILES string of the molecule is CNc1cc(F)c(F)c2c1Cc1ncc(-c3cnc4c(c3)c(=O)c(C(=O)O)cn4C)c(N3CCC(N(C)CCO)C3)c1-2. The summed E-state index contributed by atoms with van der Waals surface area (Å²) in [5.74, 6) is -3.26. The van der Waals surface area contributed by atoms with E-state index in [1.165, 1.54) is 10.8 Å². The molecule has 1 atom stereocenters. The number of nitrogens with zero attached hydrogens (tertiary/aromatic N) is 5. The van der Waals surface area contributed by atoms with Crippen molar-refractivity contribution in [3.05, 3.63) is 69.4 Å². The number of rotatable bonds is 7. The van der Waals surface area contributed by atoms with Crippen LogP contribution in [-0.4, -0.2) is 82.0 Å². The lowest BCUT2D eigenvalue weighted by molar-refractivity contribution is 0.0695. The molecule has 4 heterocycles. The largest absolute Gasteiger partial charge is 0.477 e. The van der Waals surface area contributed by atoms with Crippen molar-refractivity contribution in [1.29, 1.82) is 0 Å². The van der Waals surface area contributed by atoms with Crippen LogP contribution in [0.5, 0.6) is 0 Å². The number of aromatic carboxylic acids is 1. The molecule has 1 saturated heterocycles. The molecule has 1 aromatic carbocycles. The van der Waals surface area contributed by atoms with E-state index >= 15 is 4.39 Å². The second kappa shape index (κ2) is 10.4. The molecule has 1 fully saturated rings. The van der Waals surface area contributed by atoms with Gasteiger partial charge in [-0.1, -0.05) is 0 Å². The summed E-state index contributed by atoms with van der Waals surface area (Å²) in [6, 6.07) is 2.85. The Bertz CT molecular complexity index is 1820. The number of anilines is 2. The van der Waals surface area contributed by atoms with E-state index in [0.29, 0.717) is 71.0 Å². The Morgan fingerprint density at radius 1 is 1.21 bits per heavy atom. The van der Waals surface area contributed by atoms with Gasteiger partial charge in [-0.2, -0.15) is 0 Å². The molecule has 0 saturated carbocycles. The Kier molecular flexibility index (Phi) is 6.90. The summed E-state index contributed by atoms with van der Waals surface area (Å²) >= 11 is 0. The van der Waals surface area contributed by atoms with Crippen molar-refractivity contribution in [2.45, 2.75) is 18.9 Å². The number of carboxylic acids is 1. The van der Waals surface area contributed by atoms with Crippen molar-refractivity contribution in [2.75, 3.05) is 50.6 Å². The van der Waals surface area contributed by atoms with Gasteiger partial charge < -0.3 is 25.0 Å². The maximum absolute atomic E-state index is 15.6. The predicted molar refractivity (Wildman–Crippen MR) is 155 cm³/mol. The smallest absolute Gasteiger partial charge is 0.341 e. The molecule has 2 aliphatic rings. The molecule has 0 bridgehead atoms. The van der Waals surface area contributed by atoms with Gasteiger partial charge >= 0.3 is 5.97 Å². The number of aryl methyl sites for hydroxylation is 1. The molecule has 42 heavy (non-hydrogen) atoms. The van der Waals surface area contributed by atoms with Crippen LogP contribution in [0.3, 0.4) is 0 Å². The third-order valence-corrected chi connectivity index (χ3v) is 8.43. The molecule has 1 aliphatic carbocycles. The summed E-state index contributed by atoms with van der Waals surface area (Å²) in [5, 5.41) is 22.2. The molecule has 0 amide bonds. The van der Waals surface area contributed by atoms with E-state index < -0.39 is 23.0 Å². The van der Waals surface area contributed by atoms with E-state index in [1.807, 2.05) is 7.05 Å². The predicted octanol–water partition coefficient (Wildman–Crippen LogP) is 3.09. The standard InChI is InChI=1S/C30H30F2N6O4/c1-33-22-10-21(31)26(32)24-17(22)9-23-25(24)27(38-5-4-16(13-38)36(2)6-7-39)19(12-34-23)15-8-18-28(40)20(30(41)42)14-37(3)29(18)35-11-15/h8,10-12,14,16,33,39H,4-7,9,13H2,1-3H3,(H,41,42). The monoisotopic (exact) mass is 576 g/mol. The van der Waals surface area contributed by atoms with Crippen LogP contribution >= 0.6 is 0 Å². The third kappa shape index (κ3) is 4.29. The Morgan fingerprint density at radius 3 is 2.71 bits per heavy atom. The van der Waals surface area contributed by atoms with Gasteiger partial charge in [-0.15, -0.1) is 0 Å². The number of aromatic nitrogens is 3. The highest BCUT2D eigenvalue weighted by Gasteiger charge is 2.36. The van der Waals surface area contributed by atoms with Gasteiger partial charge in [0.15, 0.2) is 11.6 Å². The van der Waals surface area contributed by atoms with E-state index in [-0.39, 0.29) is 29.2 Å². The first kappa shape index (κ1) is 27.7. The molecule has 0 spiro atoms. The van der Waals surface area contributed by atoms with Crippen LogP contribution in [-0.2, 0) is 13.5 Å². The minimum Gasteiger partial charge on any atom is -0.477 e. The molecule has 0 radical (unpaired) electrons. The lowest BCUT2D eigenvalue weighted by Gasteiger charge is -2.28. The summed E-state index contributed by atoms with van der Waals surface area (Å²) < 4.78 is 32.0. The number of hydrogen-bond donors (Lipinski definition) is 3. The van der Waals surface area contributed by atoms with Gasteiger partial charge in [0.05, 0.1) is 23.4 Å². The molecular formula is C30H30F2N6O4. The van der Waals surface area contributed by atoms with E-state index in [2.05, 4.69) is 25.1 Å². The molecule has 6 rings (SSSR count). The van der Waals surface area contributed by atoms with Gasteiger partial charge in [0.25, 0.3) is 0 Å². The molecule has 3 N–H and O–H groups in total. The number of benzene rings is 1. The number of carbonyl (C=O) groups is 1. The van der Waals surface area contributed by atoms with Crippen LogP contribution in [0.25, 0.3) is 33.3 Å². The fraction of sp³-hybridized carbons (Fsp3) is 0.333. The Morgan fingerprint density at radius 2 is 2.00 bits per heavy atom. The number of pyridine rings is 3. The quantitative estimate of drug-likeness (QED) is 0.268. The summed E-state index contributed by atoms with van der Waals surface area (Å²) in [6.07, 6.45) is 5.57. The van der Waals surface area contributed by atoms with Gasteiger partial charge in [0.2, 0.25) is 5.43 Å². The summed E-state index contributed by atoms with van der Waals surface area (Å²) in [7, 11) is 5.21. The zero-order valence-electron chi connectivity index (χ0n) is 23.4. The van der Waals surface area contributed by atoms with Gasteiger partial charge in [-0.05, 0) is 25.1 Å². The van der Waals surface area contributed by atoms with E-state index in [0.717, 1.165) is 12.5 Å². The maximum Gasteiger partial charge on any atom is 0.341 e. The number of hydrogen-bond acceptors (Lipinski definition) is 8. The number of halogens is 2. The van der Waals surface area contributed by atoms with Crippen LogP contribution in [0.2, 0.25) is 0 Å². The minimum atomic E-state index is -1.34. The number of aliphatic hydroxyl groups is 1. The number of nitrogens with one attached hydrogen (secondary N) is 1. The molecular weight excluding hydrogens is 546 g/mol. The van der Waals surface area contributed by atoms with Gasteiger partial charge in [0, 0.05) is 98.8 Å². The van der Waals surface area contributed by atoms with E-state index in [1.54, 1.807) is 32.6 Å². The summed E-state index contributed by atoms with van der Waals surface area (Å²) in [6.45, 7) is 1.69. The van der Waals surface area contributed by atoms with Gasteiger partial charge in [0.1, 0.15) is 11.2 Å². The first-order chi connectivity index (χ1) is 20.1. The Balaban J connectivity index is 1.61. The van der Waals surface area contributed by atoms with Gasteiger partial charge in [-0.25, -0.2) is 18.6 Å². The molecule has 3 aromatic heterocycles. The average Bonchev–Trinajstić information content (AvgIpc) is 3.62. The van der Waals surface area contributed by atoms with Crippen LogP contribution in [0.15, 0.2) is 35.5 Å². The van der Waals surface area contributed by atoms with Crippen molar-refractivity contribution in [1.82, 2.24) is 19.4 Å². The van der Waals surface area contributed by atoms with Gasteiger partial charge in [-0.3, -0.25) is 14.7 Å². The average molecular weight is 577 g/mol. The molecule has 218 valence electrons. The normalized spacial score (nSPS) is 15.9. The zero-order valence-corrected chi connectivity index (χ0v) is 23.4. The molecule has 1 unspecified atom stereocenters. The highest BCUT2D eigenvalue weighted by molar-refractivity contribution is 5.98. The molecule has 4 aromatic rings. The zero-order chi connectivity index (χ0) is 29.9. The fourth-order valence-corrected chi connectivity index (χ4v) is 6.28. The molecule has 12 heteroatoms. The van der Waals surface area contributed by atoms with Crippen molar-refractivity contribution >= 4 is 28.4 Å². The summed E-state index contributed by atoms with van der Waals surface area (Å²) in [4.78, 5) is 38.3. The third-order valence-electron chi connectivity index (χ3n) is 8.43. The number of carboxylic acid groups (broad SMARTS) is 1. The molecule has 10 nitrogen and oxygen atoms in total. The second-order valence-corrected chi connectivity index (χ2v) is 10.8. The lowest BCUT2D eigenvalue weighted by Crippen LogP contribution is -2.36. The lowest BCUT2D eigenvalue weighted by atomic mass is 9.97. The minimum absolute atomic E-state index is 0.0175. The highest BCUT2D eigenvalue weighted by Crippen LogP contribution is 2.50. The topological polar surface area (TPSA) is 124 Å². The van der Waals surface area contributed by atoms with Crippen molar-refractivity contribution in [3.8, 4) is 22.3 Å². The molecule has 1 aliphatic heterocycles. The van der Waals surface area contributed by atoms with Crippen LogP contribution in [0, 0.1) is 11.6 Å². The first-order valence-corrected chi connectivity index (χ1v) is 13.6. The second-order valence-electron chi connectivity index (χ2n) is 10.8. The Labute approximate surface area is 239 Å². The summed E-state index contributed by atoms with van der Waals surface area (Å²) in [5.41, 5.74) is 3.34. The van der Waals surface area contributed by atoms with Crippen LogP contribution in [0.4, 0.5) is 20.2 Å². The first-order valence-electron chi connectivity index (χ1n) is 13.6. The van der Waals surface area contributed by atoms with E-state index in [4.69, 9.17) is 0 Å². The van der Waals surface area contributed by atoms with Crippen molar-refractivity contribution < 1.29 is 23.8 Å². The van der Waals surface area contributed by atoms with E-state index in [9.17, 15) is 24.2 Å². The maximum atomic E-state index is 15.6. The number of aliphatic hydroxyl groups excluding tert-OH is 1. The van der Waals surface area contributed by atoms with Crippen LogP contribution < -0.4 is 15.6 Å². The highest BCUT2D eigenvalue weighted by atomic mass is 19.2. The van der Waals surface area contributed by atoms with Crippen molar-refractivity contribution in [3.63, 3.8) is 0 Å². The fourth-order valence-electron chi connectivity index (χ4n) is 6.28. The number of fused-ring (bicyclic) bond motifs is 4. The Hall–Kier alpha value is -4.42. The van der Waals surface area contributed by atoms with Crippen LogP contribution in [0.1, 0.15) is 28.0 Å². The van der Waals surface area contributed by atoms with Crippen molar-refractivity contribution in [2.24, 2.45) is 7.05 Å².